The first-order chi connectivity index (χ1) is 17.9. The highest BCUT2D eigenvalue weighted by Gasteiger charge is 2.45. The standard InChI is InChI=1S/C28H28N4O5/c33-16-18-1-3-21(4-2-18)31-9-7-17(8-10-31)13-30-14-19-11-22-23(12-20(19)15-30)28(37)32(27(22)36)24-5-6-25(34)29-26(24)35/h1-4,11-12,16-17,24H,5-10,13-15H2,(H,29,34,35). The van der Waals surface area contributed by atoms with Crippen LogP contribution in [0.1, 0.15) is 67.9 Å². The highest BCUT2D eigenvalue weighted by Crippen LogP contribution is 2.34. The lowest BCUT2D eigenvalue weighted by molar-refractivity contribution is -0.136. The molecule has 190 valence electrons. The summed E-state index contributed by atoms with van der Waals surface area (Å²) in [5.41, 5.74) is 4.64. The molecule has 4 aliphatic heterocycles. The lowest BCUT2D eigenvalue weighted by Gasteiger charge is -2.35. The van der Waals surface area contributed by atoms with Crippen LogP contribution in [0.4, 0.5) is 5.69 Å². The number of amides is 4. The van der Waals surface area contributed by atoms with Crippen molar-refractivity contribution in [1.82, 2.24) is 15.1 Å². The first kappa shape index (κ1) is 23.5. The van der Waals surface area contributed by atoms with Crippen LogP contribution in [-0.4, -0.2) is 65.4 Å². The van der Waals surface area contributed by atoms with Gasteiger partial charge in [0.1, 0.15) is 12.3 Å². The van der Waals surface area contributed by atoms with Crippen LogP contribution in [0, 0.1) is 5.92 Å². The summed E-state index contributed by atoms with van der Waals surface area (Å²) in [6, 6.07) is 10.4. The van der Waals surface area contributed by atoms with Crippen LogP contribution >= 0.6 is 0 Å². The molecule has 0 bridgehead atoms. The molecule has 6 rings (SSSR count). The van der Waals surface area contributed by atoms with Gasteiger partial charge in [0, 0.05) is 50.4 Å². The normalized spacial score (nSPS) is 22.3. The molecule has 1 unspecified atom stereocenters. The zero-order valence-electron chi connectivity index (χ0n) is 20.4. The van der Waals surface area contributed by atoms with Gasteiger partial charge in [-0.2, -0.15) is 0 Å². The molecule has 1 N–H and O–H groups in total. The molecule has 2 aromatic rings. The Balaban J connectivity index is 1.08. The SMILES string of the molecule is O=Cc1ccc(N2CCC(CN3Cc4cc5c(cc4C3)C(=O)N(C3CCC(=O)NC3=O)C5=O)CC2)cc1. The molecule has 0 aliphatic carbocycles. The van der Waals surface area contributed by atoms with Crippen molar-refractivity contribution in [2.45, 2.75) is 44.8 Å². The Morgan fingerprint density at radius 1 is 0.865 bits per heavy atom. The van der Waals surface area contributed by atoms with Crippen LogP contribution in [0.2, 0.25) is 0 Å². The molecule has 1 atom stereocenters. The number of aldehydes is 1. The maximum atomic E-state index is 13.1. The van der Waals surface area contributed by atoms with Gasteiger partial charge in [0.05, 0.1) is 11.1 Å². The molecule has 2 fully saturated rings. The van der Waals surface area contributed by atoms with E-state index in [1.807, 2.05) is 36.4 Å². The molecule has 2 saturated heterocycles. The van der Waals surface area contributed by atoms with E-state index in [1.165, 1.54) is 0 Å². The number of rotatable bonds is 5. The van der Waals surface area contributed by atoms with Crippen LogP contribution in [0.15, 0.2) is 36.4 Å². The minimum atomic E-state index is -0.940. The molecule has 9 heteroatoms. The number of fused-ring (bicyclic) bond motifs is 2. The predicted octanol–water partition coefficient (Wildman–Crippen LogP) is 2.13. The minimum absolute atomic E-state index is 0.112. The second-order valence-corrected chi connectivity index (χ2v) is 10.4. The average Bonchev–Trinajstić information content (AvgIpc) is 3.40. The van der Waals surface area contributed by atoms with E-state index >= 15 is 0 Å². The molecule has 2 aromatic carbocycles. The summed E-state index contributed by atoms with van der Waals surface area (Å²) in [7, 11) is 0. The minimum Gasteiger partial charge on any atom is -0.372 e. The van der Waals surface area contributed by atoms with Gasteiger partial charge in [-0.1, -0.05) is 0 Å². The van der Waals surface area contributed by atoms with Crippen molar-refractivity contribution >= 4 is 35.6 Å². The molecule has 0 aromatic heterocycles. The van der Waals surface area contributed by atoms with Crippen molar-refractivity contribution in [2.24, 2.45) is 5.92 Å². The fraction of sp³-hybridized carbons (Fsp3) is 0.393. The monoisotopic (exact) mass is 500 g/mol. The lowest BCUT2D eigenvalue weighted by atomic mass is 9.95. The lowest BCUT2D eigenvalue weighted by Crippen LogP contribution is -2.54. The molecule has 37 heavy (non-hydrogen) atoms. The predicted molar refractivity (Wildman–Crippen MR) is 134 cm³/mol. The van der Waals surface area contributed by atoms with Crippen LogP contribution in [0.25, 0.3) is 0 Å². The molecular formula is C28H28N4O5. The molecular weight excluding hydrogens is 472 g/mol. The first-order valence-electron chi connectivity index (χ1n) is 12.8. The zero-order valence-corrected chi connectivity index (χ0v) is 20.4. The van der Waals surface area contributed by atoms with Crippen LogP contribution in [0.5, 0.6) is 0 Å². The van der Waals surface area contributed by atoms with E-state index in [4.69, 9.17) is 0 Å². The van der Waals surface area contributed by atoms with E-state index in [9.17, 15) is 24.0 Å². The fourth-order valence-electron chi connectivity index (χ4n) is 6.07. The third-order valence-electron chi connectivity index (χ3n) is 8.07. The molecule has 4 heterocycles. The third kappa shape index (κ3) is 4.23. The van der Waals surface area contributed by atoms with Crippen molar-refractivity contribution in [2.75, 3.05) is 24.5 Å². The van der Waals surface area contributed by atoms with E-state index in [0.29, 0.717) is 22.6 Å². The summed E-state index contributed by atoms with van der Waals surface area (Å²) in [5, 5.41) is 2.23. The highest BCUT2D eigenvalue weighted by atomic mass is 16.2. The second-order valence-electron chi connectivity index (χ2n) is 10.4. The molecule has 9 nitrogen and oxygen atoms in total. The van der Waals surface area contributed by atoms with Gasteiger partial charge in [-0.05, 0) is 72.7 Å². The largest absolute Gasteiger partial charge is 0.372 e. The topological polar surface area (TPSA) is 107 Å². The van der Waals surface area contributed by atoms with Crippen LogP contribution < -0.4 is 10.2 Å². The number of piperidine rings is 2. The Kier molecular flexibility index (Phi) is 5.87. The Bertz CT molecular complexity index is 1270. The Morgan fingerprint density at radius 3 is 2.05 bits per heavy atom. The molecule has 0 spiro atoms. The van der Waals surface area contributed by atoms with Gasteiger partial charge in [0.25, 0.3) is 11.8 Å². The van der Waals surface area contributed by atoms with Crippen molar-refractivity contribution in [3.05, 3.63) is 64.2 Å². The smallest absolute Gasteiger partial charge is 0.262 e. The number of anilines is 1. The second kappa shape index (κ2) is 9.23. The van der Waals surface area contributed by atoms with E-state index in [-0.39, 0.29) is 18.7 Å². The summed E-state index contributed by atoms with van der Waals surface area (Å²) in [6.07, 6.45) is 3.29. The molecule has 0 radical (unpaired) electrons. The Morgan fingerprint density at radius 2 is 1.49 bits per heavy atom. The number of carbonyl (C=O) groups is 5. The van der Waals surface area contributed by atoms with E-state index in [0.717, 1.165) is 73.6 Å². The summed E-state index contributed by atoms with van der Waals surface area (Å²) < 4.78 is 0. The van der Waals surface area contributed by atoms with Gasteiger partial charge in [-0.25, -0.2) is 0 Å². The van der Waals surface area contributed by atoms with Crippen molar-refractivity contribution in [3.8, 4) is 0 Å². The van der Waals surface area contributed by atoms with Crippen molar-refractivity contribution < 1.29 is 24.0 Å². The van der Waals surface area contributed by atoms with Crippen molar-refractivity contribution in [3.63, 3.8) is 0 Å². The number of hydrogen-bond donors (Lipinski definition) is 1. The quantitative estimate of drug-likeness (QED) is 0.495. The van der Waals surface area contributed by atoms with Gasteiger partial charge >= 0.3 is 0 Å². The molecule has 4 amide bonds. The van der Waals surface area contributed by atoms with Crippen LogP contribution in [-0.2, 0) is 22.7 Å². The summed E-state index contributed by atoms with van der Waals surface area (Å²) in [5.74, 6) is -1.31. The Labute approximate surface area is 214 Å². The average molecular weight is 501 g/mol. The van der Waals surface area contributed by atoms with E-state index < -0.39 is 23.8 Å². The van der Waals surface area contributed by atoms with Gasteiger partial charge < -0.3 is 4.90 Å². The molecule has 4 aliphatic rings. The number of benzene rings is 2. The Hall–Kier alpha value is -3.85. The van der Waals surface area contributed by atoms with Gasteiger partial charge in [0.2, 0.25) is 11.8 Å². The van der Waals surface area contributed by atoms with Gasteiger partial charge in [0.15, 0.2) is 0 Å². The van der Waals surface area contributed by atoms with Crippen LogP contribution in [0.3, 0.4) is 0 Å². The summed E-state index contributed by atoms with van der Waals surface area (Å²) in [4.78, 5) is 66.7. The fourth-order valence-corrected chi connectivity index (χ4v) is 6.07. The number of hydrogen-bond acceptors (Lipinski definition) is 7. The number of nitrogens with zero attached hydrogens (tertiary/aromatic N) is 3. The first-order valence-corrected chi connectivity index (χ1v) is 12.8. The zero-order chi connectivity index (χ0) is 25.7. The van der Waals surface area contributed by atoms with E-state index in [1.54, 1.807) is 0 Å². The molecule has 0 saturated carbocycles. The van der Waals surface area contributed by atoms with E-state index in [2.05, 4.69) is 15.1 Å². The van der Waals surface area contributed by atoms with Gasteiger partial charge in [-0.3, -0.25) is 39.1 Å². The number of imide groups is 2. The summed E-state index contributed by atoms with van der Waals surface area (Å²) in [6.45, 7) is 4.37. The summed E-state index contributed by atoms with van der Waals surface area (Å²) >= 11 is 0. The van der Waals surface area contributed by atoms with Crippen molar-refractivity contribution in [1.29, 1.82) is 0 Å². The maximum absolute atomic E-state index is 13.1. The van der Waals surface area contributed by atoms with Gasteiger partial charge in [-0.15, -0.1) is 0 Å². The maximum Gasteiger partial charge on any atom is 0.262 e. The number of nitrogens with one attached hydrogen (secondary N) is 1. The highest BCUT2D eigenvalue weighted by molar-refractivity contribution is 6.23. The number of carbonyl (C=O) groups excluding carboxylic acids is 5. The third-order valence-corrected chi connectivity index (χ3v) is 8.07.